The number of esters is 2. The van der Waals surface area contributed by atoms with E-state index >= 15 is 0 Å². The standard InChI is InChI=1S/C18H16O4/c19-17(22-16-10-11-21-18(16)20)15-9-5-4-8-14(15)12-13-6-2-1-3-7-13/h1-9,16H,10-12H2/t16-/m0/s1. The van der Waals surface area contributed by atoms with Gasteiger partial charge < -0.3 is 9.47 Å². The Morgan fingerprint density at radius 3 is 2.55 bits per heavy atom. The molecule has 1 aliphatic rings. The van der Waals surface area contributed by atoms with E-state index < -0.39 is 18.0 Å². The van der Waals surface area contributed by atoms with E-state index in [0.29, 0.717) is 25.0 Å². The highest BCUT2D eigenvalue weighted by molar-refractivity contribution is 5.93. The predicted molar refractivity (Wildman–Crippen MR) is 80.5 cm³/mol. The Morgan fingerprint density at radius 1 is 1.09 bits per heavy atom. The summed E-state index contributed by atoms with van der Waals surface area (Å²) >= 11 is 0. The molecule has 0 N–H and O–H groups in total. The van der Waals surface area contributed by atoms with Crippen molar-refractivity contribution >= 4 is 11.9 Å². The number of cyclic esters (lactones) is 1. The fourth-order valence-electron chi connectivity index (χ4n) is 2.47. The predicted octanol–water partition coefficient (Wildman–Crippen LogP) is 2.75. The second-order valence-corrected chi connectivity index (χ2v) is 5.17. The average molecular weight is 296 g/mol. The van der Waals surface area contributed by atoms with Gasteiger partial charge in [-0.1, -0.05) is 48.5 Å². The number of hydrogen-bond donors (Lipinski definition) is 0. The first kappa shape index (κ1) is 14.3. The molecule has 0 bridgehead atoms. The van der Waals surface area contributed by atoms with Crippen LogP contribution in [-0.2, 0) is 20.7 Å². The Kier molecular flexibility index (Phi) is 4.19. The van der Waals surface area contributed by atoms with Gasteiger partial charge in [0.15, 0.2) is 0 Å². The third-order valence-electron chi connectivity index (χ3n) is 3.61. The zero-order chi connectivity index (χ0) is 15.4. The molecule has 1 saturated heterocycles. The zero-order valence-corrected chi connectivity index (χ0v) is 12.0. The Balaban J connectivity index is 1.78. The van der Waals surface area contributed by atoms with Crippen LogP contribution in [0.4, 0.5) is 0 Å². The lowest BCUT2D eigenvalue weighted by Gasteiger charge is -2.12. The van der Waals surface area contributed by atoms with Crippen LogP contribution < -0.4 is 0 Å². The van der Waals surface area contributed by atoms with Crippen molar-refractivity contribution in [3.8, 4) is 0 Å². The summed E-state index contributed by atoms with van der Waals surface area (Å²) < 4.78 is 10.1. The summed E-state index contributed by atoms with van der Waals surface area (Å²) in [6, 6.07) is 17.2. The third kappa shape index (κ3) is 3.17. The van der Waals surface area contributed by atoms with Crippen molar-refractivity contribution in [3.05, 3.63) is 71.3 Å². The molecule has 1 fully saturated rings. The molecule has 0 spiro atoms. The minimum Gasteiger partial charge on any atom is -0.463 e. The highest BCUT2D eigenvalue weighted by atomic mass is 16.6. The van der Waals surface area contributed by atoms with Crippen molar-refractivity contribution in [2.24, 2.45) is 0 Å². The Hall–Kier alpha value is -2.62. The van der Waals surface area contributed by atoms with Gasteiger partial charge in [0.2, 0.25) is 6.10 Å². The normalized spacial score (nSPS) is 17.1. The van der Waals surface area contributed by atoms with Gasteiger partial charge in [0.1, 0.15) is 0 Å². The van der Waals surface area contributed by atoms with E-state index in [9.17, 15) is 9.59 Å². The lowest BCUT2D eigenvalue weighted by atomic mass is 10.00. The number of ether oxygens (including phenoxy) is 2. The summed E-state index contributed by atoms with van der Waals surface area (Å²) in [5, 5.41) is 0. The molecular formula is C18H16O4. The van der Waals surface area contributed by atoms with Gasteiger partial charge in [-0.25, -0.2) is 9.59 Å². The van der Waals surface area contributed by atoms with Gasteiger partial charge in [0.25, 0.3) is 0 Å². The fraction of sp³-hybridized carbons (Fsp3) is 0.222. The molecule has 4 nitrogen and oxygen atoms in total. The first-order chi connectivity index (χ1) is 10.7. The van der Waals surface area contributed by atoms with Gasteiger partial charge in [-0.15, -0.1) is 0 Å². The van der Waals surface area contributed by atoms with Crippen LogP contribution in [-0.4, -0.2) is 24.6 Å². The molecule has 0 radical (unpaired) electrons. The number of carbonyl (C=O) groups is 2. The lowest BCUT2D eigenvalue weighted by Crippen LogP contribution is -2.23. The molecule has 0 aromatic heterocycles. The summed E-state index contributed by atoms with van der Waals surface area (Å²) in [5.74, 6) is -0.940. The molecule has 112 valence electrons. The summed E-state index contributed by atoms with van der Waals surface area (Å²) in [6.07, 6.45) is 0.282. The van der Waals surface area contributed by atoms with E-state index in [1.807, 2.05) is 42.5 Å². The van der Waals surface area contributed by atoms with Crippen LogP contribution in [0.25, 0.3) is 0 Å². The van der Waals surface area contributed by atoms with Crippen molar-refractivity contribution in [1.29, 1.82) is 0 Å². The molecule has 0 aliphatic carbocycles. The Labute approximate surface area is 128 Å². The molecule has 1 heterocycles. The maximum Gasteiger partial charge on any atom is 0.347 e. The summed E-state index contributed by atoms with van der Waals surface area (Å²) in [6.45, 7) is 0.308. The molecular weight excluding hydrogens is 280 g/mol. The van der Waals surface area contributed by atoms with Gasteiger partial charge in [0.05, 0.1) is 12.2 Å². The van der Waals surface area contributed by atoms with Crippen LogP contribution in [0.15, 0.2) is 54.6 Å². The van der Waals surface area contributed by atoms with Crippen LogP contribution in [0.1, 0.15) is 27.9 Å². The number of carbonyl (C=O) groups excluding carboxylic acids is 2. The maximum atomic E-state index is 12.3. The van der Waals surface area contributed by atoms with Gasteiger partial charge in [-0.2, -0.15) is 0 Å². The molecule has 1 atom stereocenters. The van der Waals surface area contributed by atoms with E-state index in [0.717, 1.165) is 11.1 Å². The molecule has 1 aliphatic heterocycles. The fourth-order valence-corrected chi connectivity index (χ4v) is 2.47. The van der Waals surface area contributed by atoms with Crippen LogP contribution in [0.3, 0.4) is 0 Å². The quantitative estimate of drug-likeness (QED) is 0.814. The lowest BCUT2D eigenvalue weighted by molar-refractivity contribution is -0.145. The topological polar surface area (TPSA) is 52.6 Å². The second kappa shape index (κ2) is 6.43. The first-order valence-electron chi connectivity index (χ1n) is 7.23. The van der Waals surface area contributed by atoms with E-state index in [4.69, 9.17) is 9.47 Å². The highest BCUT2D eigenvalue weighted by Gasteiger charge is 2.31. The molecule has 22 heavy (non-hydrogen) atoms. The number of hydrogen-bond acceptors (Lipinski definition) is 4. The van der Waals surface area contributed by atoms with E-state index in [-0.39, 0.29) is 0 Å². The molecule has 3 rings (SSSR count). The summed E-state index contributed by atoms with van der Waals surface area (Å²) in [7, 11) is 0. The van der Waals surface area contributed by atoms with Crippen LogP contribution in [0.2, 0.25) is 0 Å². The molecule has 0 unspecified atom stereocenters. The maximum absolute atomic E-state index is 12.3. The van der Waals surface area contributed by atoms with E-state index in [1.165, 1.54) is 0 Å². The smallest absolute Gasteiger partial charge is 0.347 e. The molecule has 0 amide bonds. The first-order valence-corrected chi connectivity index (χ1v) is 7.23. The minimum atomic E-state index is -0.780. The molecule has 0 saturated carbocycles. The van der Waals surface area contributed by atoms with Gasteiger partial charge >= 0.3 is 11.9 Å². The Morgan fingerprint density at radius 2 is 1.82 bits per heavy atom. The Bertz CT molecular complexity index is 678. The van der Waals surface area contributed by atoms with E-state index in [2.05, 4.69) is 0 Å². The van der Waals surface area contributed by atoms with E-state index in [1.54, 1.807) is 12.1 Å². The van der Waals surface area contributed by atoms with Gasteiger partial charge in [-0.05, 0) is 23.6 Å². The monoisotopic (exact) mass is 296 g/mol. The average Bonchev–Trinajstić information content (AvgIpc) is 2.94. The third-order valence-corrected chi connectivity index (χ3v) is 3.61. The molecule has 4 heteroatoms. The van der Waals surface area contributed by atoms with Crippen LogP contribution >= 0.6 is 0 Å². The summed E-state index contributed by atoms with van der Waals surface area (Å²) in [4.78, 5) is 23.7. The van der Waals surface area contributed by atoms with Crippen LogP contribution in [0, 0.1) is 0 Å². The van der Waals surface area contributed by atoms with Crippen molar-refractivity contribution in [2.45, 2.75) is 18.9 Å². The van der Waals surface area contributed by atoms with Gasteiger partial charge in [-0.3, -0.25) is 0 Å². The van der Waals surface area contributed by atoms with Gasteiger partial charge in [0, 0.05) is 6.42 Å². The second-order valence-electron chi connectivity index (χ2n) is 5.17. The zero-order valence-electron chi connectivity index (χ0n) is 12.0. The molecule has 2 aromatic carbocycles. The van der Waals surface area contributed by atoms with Crippen LogP contribution in [0.5, 0.6) is 0 Å². The largest absolute Gasteiger partial charge is 0.463 e. The van der Waals surface area contributed by atoms with Crippen molar-refractivity contribution in [2.75, 3.05) is 6.61 Å². The minimum absolute atomic E-state index is 0.308. The van der Waals surface area contributed by atoms with Crippen molar-refractivity contribution in [1.82, 2.24) is 0 Å². The number of rotatable bonds is 4. The number of benzene rings is 2. The van der Waals surface area contributed by atoms with Crippen molar-refractivity contribution < 1.29 is 19.1 Å². The summed E-state index contributed by atoms with van der Waals surface area (Å²) in [5.41, 5.74) is 2.49. The molecule has 2 aromatic rings. The highest BCUT2D eigenvalue weighted by Crippen LogP contribution is 2.18. The SMILES string of the molecule is O=C(O[C@H]1CCOC1=O)c1ccccc1Cc1ccccc1. The van der Waals surface area contributed by atoms with Crippen molar-refractivity contribution in [3.63, 3.8) is 0 Å².